The van der Waals surface area contributed by atoms with E-state index in [9.17, 15) is 0 Å². The third-order valence-corrected chi connectivity index (χ3v) is 7.32. The quantitative estimate of drug-likeness (QED) is 0.407. The topological polar surface area (TPSA) is 12.5 Å². The van der Waals surface area contributed by atoms with Crippen LogP contribution in [-0.4, -0.2) is 37.7 Å². The zero-order valence-electron chi connectivity index (χ0n) is 17.3. The third-order valence-electron chi connectivity index (χ3n) is 7.32. The number of nitrogens with zero attached hydrogens (tertiary/aromatic N) is 1. The van der Waals surface area contributed by atoms with E-state index in [4.69, 9.17) is 4.74 Å². The predicted molar refractivity (Wildman–Crippen MR) is 107 cm³/mol. The summed E-state index contributed by atoms with van der Waals surface area (Å²) >= 11 is 0. The van der Waals surface area contributed by atoms with Gasteiger partial charge in [0.15, 0.2) is 0 Å². The molecule has 0 aliphatic heterocycles. The first-order valence-corrected chi connectivity index (χ1v) is 11.3. The fourth-order valence-electron chi connectivity index (χ4n) is 6.47. The maximum Gasteiger partial charge on any atom is 0.0518 e. The van der Waals surface area contributed by atoms with Crippen LogP contribution in [-0.2, 0) is 4.74 Å². The molecule has 0 N–H and O–H groups in total. The van der Waals surface area contributed by atoms with E-state index >= 15 is 0 Å². The van der Waals surface area contributed by atoms with E-state index in [0.29, 0.717) is 6.10 Å². The first-order chi connectivity index (χ1) is 12.0. The van der Waals surface area contributed by atoms with Crippen molar-refractivity contribution in [3.63, 3.8) is 0 Å². The number of hydrogen-bond donors (Lipinski definition) is 0. The van der Waals surface area contributed by atoms with Crippen molar-refractivity contribution in [1.82, 2.24) is 4.90 Å². The average Bonchev–Trinajstić information content (AvgIpc) is 2.54. The molecular weight excluding hydrogens is 306 g/mol. The summed E-state index contributed by atoms with van der Waals surface area (Å²) in [6.45, 7) is 7.84. The fourth-order valence-corrected chi connectivity index (χ4v) is 6.47. The van der Waals surface area contributed by atoms with Gasteiger partial charge >= 0.3 is 0 Å². The molecule has 25 heavy (non-hydrogen) atoms. The number of rotatable bonds is 12. The van der Waals surface area contributed by atoms with Gasteiger partial charge in [0.05, 0.1) is 6.10 Å². The van der Waals surface area contributed by atoms with Gasteiger partial charge in [-0.05, 0) is 115 Å². The molecule has 0 unspecified atom stereocenters. The van der Waals surface area contributed by atoms with Gasteiger partial charge in [-0.3, -0.25) is 0 Å². The Morgan fingerprint density at radius 2 is 1.40 bits per heavy atom. The molecule has 4 saturated carbocycles. The second kappa shape index (κ2) is 9.22. The van der Waals surface area contributed by atoms with E-state index in [0.717, 1.165) is 29.8 Å². The molecule has 0 aromatic heterocycles. The van der Waals surface area contributed by atoms with Gasteiger partial charge in [-0.1, -0.05) is 19.3 Å². The van der Waals surface area contributed by atoms with Gasteiger partial charge in [0.1, 0.15) is 0 Å². The maximum atomic E-state index is 5.61. The normalized spacial score (nSPS) is 33.7. The highest BCUT2D eigenvalue weighted by Crippen LogP contribution is 2.61. The molecule has 0 saturated heterocycles. The highest BCUT2D eigenvalue weighted by molar-refractivity contribution is 5.01. The minimum absolute atomic E-state index is 0.391. The Morgan fingerprint density at radius 1 is 0.840 bits per heavy atom. The highest BCUT2D eigenvalue weighted by atomic mass is 16.5. The summed E-state index contributed by atoms with van der Waals surface area (Å²) in [4.78, 5) is 2.63. The van der Waals surface area contributed by atoms with Gasteiger partial charge in [-0.15, -0.1) is 0 Å². The zero-order valence-corrected chi connectivity index (χ0v) is 17.3. The van der Waals surface area contributed by atoms with Crippen LogP contribution in [0.2, 0.25) is 0 Å². The largest absolute Gasteiger partial charge is 0.379 e. The lowest BCUT2D eigenvalue weighted by Gasteiger charge is -2.57. The standard InChI is InChI=1S/C23H43NO/c1-19(2)25-12-8-6-4-5-7-10-24(3)11-9-23-16-20-13-21(17-23)15-22(14-20)18-23/h19-22H,4-18H2,1-3H3. The summed E-state index contributed by atoms with van der Waals surface area (Å²) in [5, 5.41) is 0. The van der Waals surface area contributed by atoms with Crippen LogP contribution in [0.4, 0.5) is 0 Å². The van der Waals surface area contributed by atoms with Crippen LogP contribution in [0.1, 0.15) is 90.9 Å². The molecule has 2 nitrogen and oxygen atoms in total. The van der Waals surface area contributed by atoms with E-state index < -0.39 is 0 Å². The van der Waals surface area contributed by atoms with E-state index in [1.807, 2.05) is 0 Å². The van der Waals surface area contributed by atoms with Gasteiger partial charge in [0.25, 0.3) is 0 Å². The minimum Gasteiger partial charge on any atom is -0.379 e. The summed E-state index contributed by atoms with van der Waals surface area (Å²) in [6, 6.07) is 0. The SMILES string of the molecule is CC(C)OCCCCCCCN(C)CCC12CC3CC(CC(C3)C1)C2. The van der Waals surface area contributed by atoms with Crippen LogP contribution >= 0.6 is 0 Å². The molecular formula is C23H43NO. The number of ether oxygens (including phenoxy) is 1. The summed E-state index contributed by atoms with van der Waals surface area (Å²) in [5.41, 5.74) is 0.763. The molecule has 0 atom stereocenters. The molecule has 146 valence electrons. The molecule has 0 aromatic rings. The lowest BCUT2D eigenvalue weighted by Crippen LogP contribution is -2.47. The third kappa shape index (κ3) is 5.96. The maximum absolute atomic E-state index is 5.61. The van der Waals surface area contributed by atoms with Crippen molar-refractivity contribution < 1.29 is 4.74 Å². The summed E-state index contributed by atoms with van der Waals surface area (Å²) in [5.74, 6) is 3.32. The molecule has 4 fully saturated rings. The van der Waals surface area contributed by atoms with Crippen molar-refractivity contribution in [2.45, 2.75) is 97.0 Å². The van der Waals surface area contributed by atoms with E-state index in [2.05, 4.69) is 25.8 Å². The van der Waals surface area contributed by atoms with E-state index in [1.54, 1.807) is 38.5 Å². The van der Waals surface area contributed by atoms with Crippen molar-refractivity contribution in [2.24, 2.45) is 23.2 Å². The first kappa shape index (κ1) is 19.7. The monoisotopic (exact) mass is 349 g/mol. The van der Waals surface area contributed by atoms with Crippen LogP contribution in [0, 0.1) is 23.2 Å². The Morgan fingerprint density at radius 3 is 2.00 bits per heavy atom. The Hall–Kier alpha value is -0.0800. The molecule has 0 amide bonds. The van der Waals surface area contributed by atoms with Gasteiger partial charge in [-0.2, -0.15) is 0 Å². The number of hydrogen-bond acceptors (Lipinski definition) is 2. The van der Waals surface area contributed by atoms with Crippen LogP contribution in [0.3, 0.4) is 0 Å². The second-order valence-electron chi connectivity index (χ2n) is 10.2. The van der Waals surface area contributed by atoms with Crippen molar-refractivity contribution in [2.75, 3.05) is 26.7 Å². The van der Waals surface area contributed by atoms with Crippen molar-refractivity contribution in [1.29, 1.82) is 0 Å². The molecule has 4 aliphatic rings. The van der Waals surface area contributed by atoms with Crippen molar-refractivity contribution in [3.8, 4) is 0 Å². The number of unbranched alkanes of at least 4 members (excludes halogenated alkanes) is 4. The molecule has 0 spiro atoms. The summed E-state index contributed by atoms with van der Waals surface area (Å²) < 4.78 is 5.61. The molecule has 0 aromatic carbocycles. The lowest BCUT2D eigenvalue weighted by molar-refractivity contribution is -0.0602. The molecule has 4 aliphatic carbocycles. The van der Waals surface area contributed by atoms with Crippen LogP contribution in [0.5, 0.6) is 0 Å². The fraction of sp³-hybridized carbons (Fsp3) is 1.00. The lowest BCUT2D eigenvalue weighted by atomic mass is 9.49. The molecule has 2 heteroatoms. The van der Waals surface area contributed by atoms with Gasteiger partial charge in [0, 0.05) is 6.61 Å². The van der Waals surface area contributed by atoms with Crippen LogP contribution in [0.15, 0.2) is 0 Å². The molecule has 0 heterocycles. The molecule has 4 rings (SSSR count). The highest BCUT2D eigenvalue weighted by Gasteiger charge is 2.50. The summed E-state index contributed by atoms with van der Waals surface area (Å²) in [6.07, 6.45) is 18.1. The average molecular weight is 350 g/mol. The van der Waals surface area contributed by atoms with Gasteiger partial charge in [-0.25, -0.2) is 0 Å². The van der Waals surface area contributed by atoms with Crippen LogP contribution < -0.4 is 0 Å². The predicted octanol–water partition coefficient (Wildman–Crippen LogP) is 5.90. The van der Waals surface area contributed by atoms with E-state index in [1.165, 1.54) is 51.6 Å². The Labute approximate surface area is 157 Å². The Kier molecular flexibility index (Phi) is 7.26. The van der Waals surface area contributed by atoms with Crippen molar-refractivity contribution in [3.05, 3.63) is 0 Å². The van der Waals surface area contributed by atoms with Gasteiger partial charge < -0.3 is 9.64 Å². The zero-order chi connectivity index (χ0) is 17.7. The summed E-state index contributed by atoms with van der Waals surface area (Å²) in [7, 11) is 2.36. The Bertz CT molecular complexity index is 356. The van der Waals surface area contributed by atoms with Crippen LogP contribution in [0.25, 0.3) is 0 Å². The van der Waals surface area contributed by atoms with Crippen molar-refractivity contribution >= 4 is 0 Å². The second-order valence-corrected chi connectivity index (χ2v) is 10.2. The van der Waals surface area contributed by atoms with E-state index in [-0.39, 0.29) is 0 Å². The minimum atomic E-state index is 0.391. The first-order valence-electron chi connectivity index (χ1n) is 11.3. The molecule has 4 bridgehead atoms. The Balaban J connectivity index is 1.22. The van der Waals surface area contributed by atoms with Gasteiger partial charge in [0.2, 0.25) is 0 Å². The molecule has 0 radical (unpaired) electrons. The smallest absolute Gasteiger partial charge is 0.0518 e.